The second-order valence-corrected chi connectivity index (χ2v) is 21.6. The molecule has 0 unspecified atom stereocenters. The van der Waals surface area contributed by atoms with Crippen LogP contribution in [-0.4, -0.2) is 0 Å². The fourth-order valence-electron chi connectivity index (χ4n) is 9.66. The molecule has 8 aromatic carbocycles. The lowest BCUT2D eigenvalue weighted by Crippen LogP contribution is -2.20. The minimum atomic E-state index is -0.185. The van der Waals surface area contributed by atoms with Crippen LogP contribution in [0.2, 0.25) is 0 Å². The zero-order valence-electron chi connectivity index (χ0n) is 40.3. The predicted octanol–water partition coefficient (Wildman–Crippen LogP) is 18.2. The maximum atomic E-state index is 2.54. The van der Waals surface area contributed by atoms with E-state index in [4.69, 9.17) is 0 Å². The summed E-state index contributed by atoms with van der Waals surface area (Å²) in [5.74, 6) is 0. The van der Waals surface area contributed by atoms with E-state index in [1.54, 1.807) is 0 Å². The van der Waals surface area contributed by atoms with E-state index in [0.717, 1.165) is 45.3 Å². The average molecular weight is 849 g/mol. The topological polar surface area (TPSA) is 6.48 Å². The highest BCUT2D eigenvalue weighted by molar-refractivity contribution is 6.00. The SMILES string of the molecule is CC(C)(C)c1ccc(N(c2cccc(-c3ccccc3)c2)c2cc(C(C)(C)C)cc(N(c3ccc(C(C)(C)C)cc3)c3ccc4c(c3)C(C)(C)c3ccccc3-4)c2-c2ccccc2)cc1. The van der Waals surface area contributed by atoms with Gasteiger partial charge in [-0.05, 0) is 133 Å². The van der Waals surface area contributed by atoms with Crippen molar-refractivity contribution in [2.75, 3.05) is 9.80 Å². The quantitative estimate of drug-likeness (QED) is 0.150. The molecule has 2 nitrogen and oxygen atoms in total. The van der Waals surface area contributed by atoms with Crippen molar-refractivity contribution in [2.24, 2.45) is 0 Å². The summed E-state index contributed by atoms with van der Waals surface area (Å²) in [4.78, 5) is 5.04. The lowest BCUT2D eigenvalue weighted by molar-refractivity contribution is 0.589. The number of benzene rings is 8. The molecule has 0 radical (unpaired) electrons. The van der Waals surface area contributed by atoms with E-state index in [-0.39, 0.29) is 21.7 Å². The summed E-state index contributed by atoms with van der Waals surface area (Å²) >= 11 is 0. The number of anilines is 6. The molecule has 0 bridgehead atoms. The molecule has 0 spiro atoms. The molecular weight excluding hydrogens is 785 g/mol. The smallest absolute Gasteiger partial charge is 0.0564 e. The summed E-state index contributed by atoms with van der Waals surface area (Å²) in [6.07, 6.45) is 0. The number of nitrogens with zero attached hydrogens (tertiary/aromatic N) is 2. The zero-order valence-corrected chi connectivity index (χ0v) is 40.3. The van der Waals surface area contributed by atoms with Gasteiger partial charge in [-0.15, -0.1) is 0 Å². The third-order valence-electron chi connectivity index (χ3n) is 13.5. The third-order valence-corrected chi connectivity index (χ3v) is 13.5. The minimum Gasteiger partial charge on any atom is -0.310 e. The Morgan fingerprint density at radius 1 is 0.323 bits per heavy atom. The van der Waals surface area contributed by atoms with Crippen molar-refractivity contribution in [3.05, 3.63) is 216 Å². The lowest BCUT2D eigenvalue weighted by Gasteiger charge is -2.36. The van der Waals surface area contributed by atoms with E-state index < -0.39 is 0 Å². The molecule has 8 aromatic rings. The molecule has 1 aliphatic rings. The standard InChI is InChI=1S/C63H64N2/c1-60(2,3)46-29-33-49(34-30-46)64(51-26-20-25-45(39-51)43-21-14-12-15-22-43)57-40-48(62(7,8)9)41-58(59(57)44-23-16-13-17-24-44)65(50-35-31-47(32-36-50)61(4,5)6)52-37-38-54-53-27-18-19-28-55(53)63(10,11)56(54)42-52/h12-42H,1-11H3. The Kier molecular flexibility index (Phi) is 11.0. The molecular formula is C63H64N2. The minimum absolute atomic E-state index is 0.0125. The van der Waals surface area contributed by atoms with Crippen LogP contribution in [0.25, 0.3) is 33.4 Å². The molecule has 1 aliphatic carbocycles. The summed E-state index contributed by atoms with van der Waals surface area (Å²) < 4.78 is 0. The molecule has 0 saturated heterocycles. The summed E-state index contributed by atoms with van der Waals surface area (Å²) in [7, 11) is 0. The number of hydrogen-bond donors (Lipinski definition) is 0. The fraction of sp³-hybridized carbons (Fsp3) is 0.238. The molecule has 0 amide bonds. The Labute approximate surface area is 389 Å². The molecule has 0 aromatic heterocycles. The molecule has 0 atom stereocenters. The van der Waals surface area contributed by atoms with Gasteiger partial charge in [0, 0.05) is 33.7 Å². The van der Waals surface area contributed by atoms with Crippen LogP contribution in [0.15, 0.2) is 188 Å². The van der Waals surface area contributed by atoms with Crippen LogP contribution in [0.3, 0.4) is 0 Å². The van der Waals surface area contributed by atoms with Crippen LogP contribution in [0.5, 0.6) is 0 Å². The van der Waals surface area contributed by atoms with Crippen LogP contribution in [0.4, 0.5) is 34.1 Å². The van der Waals surface area contributed by atoms with E-state index in [1.165, 1.54) is 50.1 Å². The van der Waals surface area contributed by atoms with Gasteiger partial charge in [-0.3, -0.25) is 0 Å². The van der Waals surface area contributed by atoms with Gasteiger partial charge in [0.05, 0.1) is 11.4 Å². The van der Waals surface area contributed by atoms with Crippen molar-refractivity contribution >= 4 is 34.1 Å². The van der Waals surface area contributed by atoms with E-state index in [2.05, 4.69) is 274 Å². The van der Waals surface area contributed by atoms with Crippen LogP contribution < -0.4 is 9.80 Å². The van der Waals surface area contributed by atoms with Gasteiger partial charge in [-0.1, -0.05) is 204 Å². The van der Waals surface area contributed by atoms with Gasteiger partial charge in [0.15, 0.2) is 0 Å². The van der Waals surface area contributed by atoms with Gasteiger partial charge < -0.3 is 9.80 Å². The molecule has 0 saturated carbocycles. The molecule has 0 aliphatic heterocycles. The highest BCUT2D eigenvalue weighted by Crippen LogP contribution is 2.54. The lowest BCUT2D eigenvalue weighted by atomic mass is 9.82. The van der Waals surface area contributed by atoms with Crippen LogP contribution in [0.1, 0.15) is 104 Å². The van der Waals surface area contributed by atoms with Gasteiger partial charge in [0.1, 0.15) is 0 Å². The number of rotatable bonds is 8. The largest absolute Gasteiger partial charge is 0.310 e. The zero-order chi connectivity index (χ0) is 45.9. The van der Waals surface area contributed by atoms with Crippen molar-refractivity contribution in [1.29, 1.82) is 0 Å². The summed E-state index contributed by atoms with van der Waals surface area (Å²) in [5.41, 5.74) is 20.3. The Morgan fingerprint density at radius 2 is 0.754 bits per heavy atom. The van der Waals surface area contributed by atoms with Gasteiger partial charge >= 0.3 is 0 Å². The first-order chi connectivity index (χ1) is 30.9. The fourth-order valence-corrected chi connectivity index (χ4v) is 9.66. The molecule has 326 valence electrons. The maximum absolute atomic E-state index is 2.54. The van der Waals surface area contributed by atoms with Crippen molar-refractivity contribution in [1.82, 2.24) is 0 Å². The summed E-state index contributed by atoms with van der Waals surface area (Å²) in [6.45, 7) is 25.5. The van der Waals surface area contributed by atoms with Crippen molar-refractivity contribution in [2.45, 2.75) is 97.8 Å². The predicted molar refractivity (Wildman–Crippen MR) is 280 cm³/mol. The Balaban J connectivity index is 1.38. The highest BCUT2D eigenvalue weighted by Gasteiger charge is 2.36. The van der Waals surface area contributed by atoms with E-state index in [1.807, 2.05) is 0 Å². The third kappa shape index (κ3) is 8.32. The normalized spacial score (nSPS) is 13.3. The monoisotopic (exact) mass is 849 g/mol. The highest BCUT2D eigenvalue weighted by atomic mass is 15.2. The number of fused-ring (bicyclic) bond motifs is 3. The van der Waals surface area contributed by atoms with Crippen LogP contribution in [-0.2, 0) is 21.7 Å². The first-order valence-corrected chi connectivity index (χ1v) is 23.3. The summed E-state index contributed by atoms with van der Waals surface area (Å²) in [5, 5.41) is 0. The molecule has 2 heteroatoms. The average Bonchev–Trinajstić information content (AvgIpc) is 3.52. The second-order valence-electron chi connectivity index (χ2n) is 21.6. The Bertz CT molecular complexity index is 2970. The first-order valence-electron chi connectivity index (χ1n) is 23.3. The first kappa shape index (κ1) is 43.6. The van der Waals surface area contributed by atoms with Crippen LogP contribution in [0, 0.1) is 0 Å². The Morgan fingerprint density at radius 3 is 1.28 bits per heavy atom. The van der Waals surface area contributed by atoms with Crippen molar-refractivity contribution in [3.63, 3.8) is 0 Å². The van der Waals surface area contributed by atoms with Crippen molar-refractivity contribution < 1.29 is 0 Å². The van der Waals surface area contributed by atoms with E-state index in [0.29, 0.717) is 0 Å². The molecule has 65 heavy (non-hydrogen) atoms. The van der Waals surface area contributed by atoms with Crippen molar-refractivity contribution in [3.8, 4) is 33.4 Å². The molecule has 0 heterocycles. The molecule has 9 rings (SSSR count). The number of hydrogen-bond acceptors (Lipinski definition) is 2. The second kappa shape index (κ2) is 16.4. The van der Waals surface area contributed by atoms with Crippen LogP contribution >= 0.6 is 0 Å². The van der Waals surface area contributed by atoms with Gasteiger partial charge in [-0.2, -0.15) is 0 Å². The van der Waals surface area contributed by atoms with E-state index >= 15 is 0 Å². The summed E-state index contributed by atoms with van der Waals surface area (Å²) in [6, 6.07) is 70.5. The maximum Gasteiger partial charge on any atom is 0.0564 e. The Hall–Kier alpha value is -6.64. The molecule has 0 N–H and O–H groups in total. The molecule has 0 fully saturated rings. The van der Waals surface area contributed by atoms with E-state index in [9.17, 15) is 0 Å². The van der Waals surface area contributed by atoms with Gasteiger partial charge in [0.2, 0.25) is 0 Å². The van der Waals surface area contributed by atoms with Gasteiger partial charge in [0.25, 0.3) is 0 Å². The van der Waals surface area contributed by atoms with Gasteiger partial charge in [-0.25, -0.2) is 0 Å².